The number of hydrogen-bond donors (Lipinski definition) is 1. The van der Waals surface area contributed by atoms with Crippen molar-refractivity contribution in [1.29, 1.82) is 0 Å². The molecule has 0 radical (unpaired) electrons. The van der Waals surface area contributed by atoms with Crippen LogP contribution in [0.25, 0.3) is 0 Å². The molecule has 1 fully saturated rings. The molecule has 1 aliphatic heterocycles. The molecule has 1 atom stereocenters. The van der Waals surface area contributed by atoms with Gasteiger partial charge in [0, 0.05) is 37.4 Å². The van der Waals surface area contributed by atoms with Crippen LogP contribution in [0, 0.1) is 0 Å². The van der Waals surface area contributed by atoms with Gasteiger partial charge in [-0.1, -0.05) is 30.3 Å². The summed E-state index contributed by atoms with van der Waals surface area (Å²) in [5.74, 6) is 0.812. The molecular formula is C24H34N2O3. The normalized spacial score (nSPS) is 15.5. The molecule has 0 saturated carbocycles. The Morgan fingerprint density at radius 2 is 1.76 bits per heavy atom. The molecule has 0 aliphatic carbocycles. The Bertz CT molecular complexity index is 729. The van der Waals surface area contributed by atoms with E-state index in [4.69, 9.17) is 9.47 Å². The van der Waals surface area contributed by atoms with Crippen molar-refractivity contribution in [3.05, 3.63) is 59.7 Å². The van der Waals surface area contributed by atoms with E-state index in [-0.39, 0.29) is 0 Å². The summed E-state index contributed by atoms with van der Waals surface area (Å²) in [6.07, 6.45) is 3.41. The van der Waals surface area contributed by atoms with Gasteiger partial charge >= 0.3 is 0 Å². The third-order valence-electron chi connectivity index (χ3n) is 5.39. The Morgan fingerprint density at radius 3 is 2.48 bits per heavy atom. The van der Waals surface area contributed by atoms with E-state index in [1.54, 1.807) is 7.11 Å². The highest BCUT2D eigenvalue weighted by Crippen LogP contribution is 2.21. The predicted molar refractivity (Wildman–Crippen MR) is 117 cm³/mol. The van der Waals surface area contributed by atoms with E-state index in [0.29, 0.717) is 19.8 Å². The molecule has 1 saturated heterocycles. The number of ether oxygens (including phenoxy) is 2. The number of benzene rings is 2. The number of likely N-dealkylation sites (N-methyl/N-ethyl adjacent to an activating group) is 1. The van der Waals surface area contributed by atoms with Gasteiger partial charge in [-0.2, -0.15) is 0 Å². The molecule has 0 amide bonds. The Morgan fingerprint density at radius 1 is 1.03 bits per heavy atom. The van der Waals surface area contributed by atoms with Crippen molar-refractivity contribution < 1.29 is 14.6 Å². The minimum absolute atomic E-state index is 0.302. The van der Waals surface area contributed by atoms with E-state index >= 15 is 0 Å². The first-order chi connectivity index (χ1) is 14.2. The second kappa shape index (κ2) is 11.2. The summed E-state index contributed by atoms with van der Waals surface area (Å²) in [7, 11) is 3.68. The zero-order chi connectivity index (χ0) is 20.5. The molecule has 29 heavy (non-hydrogen) atoms. The molecule has 158 valence electrons. The van der Waals surface area contributed by atoms with Gasteiger partial charge in [-0.15, -0.1) is 0 Å². The predicted octanol–water partition coefficient (Wildman–Crippen LogP) is 3.70. The van der Waals surface area contributed by atoms with Crippen molar-refractivity contribution in [1.82, 2.24) is 4.90 Å². The smallest absolute Gasteiger partial charge is 0.124 e. The van der Waals surface area contributed by atoms with Gasteiger partial charge in [0.05, 0.1) is 26.4 Å². The molecule has 5 heteroatoms. The van der Waals surface area contributed by atoms with Gasteiger partial charge in [-0.05, 0) is 50.1 Å². The van der Waals surface area contributed by atoms with Gasteiger partial charge < -0.3 is 19.5 Å². The van der Waals surface area contributed by atoms with Crippen LogP contribution in [-0.2, 0) is 17.9 Å². The van der Waals surface area contributed by atoms with Gasteiger partial charge in [0.1, 0.15) is 5.75 Å². The van der Waals surface area contributed by atoms with Gasteiger partial charge in [0.2, 0.25) is 0 Å². The average Bonchev–Trinajstić information content (AvgIpc) is 2.75. The fourth-order valence-electron chi connectivity index (χ4n) is 3.88. The molecule has 2 aromatic carbocycles. The molecule has 0 aromatic heterocycles. The standard InChI is InChI=1S/C24H34N2O3/c1-25(16-20-10-12-22(13-11-20)26-14-6-3-7-15-26)17-23(27)19-29-18-21-8-4-5-9-24(21)28-2/h4-5,8-13,23,27H,3,6-7,14-19H2,1-2H3. The number of hydrogen-bond acceptors (Lipinski definition) is 5. The fraction of sp³-hybridized carbons (Fsp3) is 0.500. The largest absolute Gasteiger partial charge is 0.496 e. The van der Waals surface area contributed by atoms with Crippen molar-refractivity contribution >= 4 is 5.69 Å². The number of anilines is 1. The highest BCUT2D eigenvalue weighted by molar-refractivity contribution is 5.47. The van der Waals surface area contributed by atoms with Crippen molar-refractivity contribution in [2.45, 2.75) is 38.5 Å². The molecule has 1 heterocycles. The summed E-state index contributed by atoms with van der Waals surface area (Å²) in [5, 5.41) is 10.3. The van der Waals surface area contributed by atoms with E-state index in [0.717, 1.165) is 17.9 Å². The topological polar surface area (TPSA) is 45.2 Å². The summed E-state index contributed by atoms with van der Waals surface area (Å²) in [6.45, 7) is 4.45. The van der Waals surface area contributed by atoms with Crippen molar-refractivity contribution in [3.8, 4) is 5.75 Å². The molecule has 1 N–H and O–H groups in total. The number of para-hydroxylation sites is 1. The van der Waals surface area contributed by atoms with Crippen LogP contribution in [0.1, 0.15) is 30.4 Å². The average molecular weight is 399 g/mol. The lowest BCUT2D eigenvalue weighted by atomic mass is 10.1. The van der Waals surface area contributed by atoms with Gasteiger partial charge in [0.25, 0.3) is 0 Å². The highest BCUT2D eigenvalue weighted by atomic mass is 16.5. The van der Waals surface area contributed by atoms with Crippen molar-refractivity contribution in [3.63, 3.8) is 0 Å². The second-order valence-corrected chi connectivity index (χ2v) is 7.89. The molecule has 0 spiro atoms. The molecule has 3 rings (SSSR count). The summed E-state index contributed by atoms with van der Waals surface area (Å²) in [4.78, 5) is 4.60. The fourth-order valence-corrected chi connectivity index (χ4v) is 3.88. The van der Waals surface area contributed by atoms with Crippen LogP contribution < -0.4 is 9.64 Å². The zero-order valence-electron chi connectivity index (χ0n) is 17.7. The first-order valence-electron chi connectivity index (χ1n) is 10.6. The van der Waals surface area contributed by atoms with Gasteiger partial charge in [0.15, 0.2) is 0 Å². The van der Waals surface area contributed by atoms with Gasteiger partial charge in [-0.3, -0.25) is 4.90 Å². The Balaban J connectivity index is 1.39. The van der Waals surface area contributed by atoms with E-state index in [9.17, 15) is 5.11 Å². The maximum absolute atomic E-state index is 10.3. The van der Waals surface area contributed by atoms with E-state index < -0.39 is 6.10 Å². The third-order valence-corrected chi connectivity index (χ3v) is 5.39. The SMILES string of the molecule is COc1ccccc1COCC(O)CN(C)Cc1ccc(N2CCCCC2)cc1. The lowest BCUT2D eigenvalue weighted by Crippen LogP contribution is -2.32. The Hall–Kier alpha value is -2.08. The minimum Gasteiger partial charge on any atom is -0.496 e. The second-order valence-electron chi connectivity index (χ2n) is 7.89. The van der Waals surface area contributed by atoms with Crippen LogP contribution >= 0.6 is 0 Å². The first kappa shape index (κ1) is 21.6. The maximum Gasteiger partial charge on any atom is 0.124 e. The van der Waals surface area contributed by atoms with E-state index in [2.05, 4.69) is 34.1 Å². The quantitative estimate of drug-likeness (QED) is 0.661. The van der Waals surface area contributed by atoms with Crippen molar-refractivity contribution in [2.24, 2.45) is 0 Å². The number of methoxy groups -OCH3 is 1. The van der Waals surface area contributed by atoms with Crippen LogP contribution in [0.2, 0.25) is 0 Å². The minimum atomic E-state index is -0.526. The zero-order valence-corrected chi connectivity index (χ0v) is 17.7. The van der Waals surface area contributed by atoms with Crippen LogP contribution in [0.15, 0.2) is 48.5 Å². The van der Waals surface area contributed by atoms with Crippen LogP contribution in [0.3, 0.4) is 0 Å². The molecule has 0 bridgehead atoms. The molecular weight excluding hydrogens is 364 g/mol. The highest BCUT2D eigenvalue weighted by Gasteiger charge is 2.12. The van der Waals surface area contributed by atoms with Gasteiger partial charge in [-0.25, -0.2) is 0 Å². The Kier molecular flexibility index (Phi) is 8.35. The first-order valence-corrected chi connectivity index (χ1v) is 10.6. The van der Waals surface area contributed by atoms with Crippen molar-refractivity contribution in [2.75, 3.05) is 45.3 Å². The molecule has 1 unspecified atom stereocenters. The maximum atomic E-state index is 10.3. The number of piperidine rings is 1. The summed E-state index contributed by atoms with van der Waals surface area (Å²) in [5.41, 5.74) is 3.57. The lowest BCUT2D eigenvalue weighted by molar-refractivity contribution is 0.0122. The van der Waals surface area contributed by atoms with Crippen LogP contribution in [0.5, 0.6) is 5.75 Å². The number of aliphatic hydroxyl groups is 1. The summed E-state index contributed by atoms with van der Waals surface area (Å²) in [6, 6.07) is 16.6. The lowest BCUT2D eigenvalue weighted by Gasteiger charge is -2.29. The van der Waals surface area contributed by atoms with E-state index in [1.807, 2.05) is 31.3 Å². The molecule has 2 aromatic rings. The monoisotopic (exact) mass is 398 g/mol. The number of nitrogens with zero attached hydrogens (tertiary/aromatic N) is 2. The molecule has 5 nitrogen and oxygen atoms in total. The molecule has 1 aliphatic rings. The third kappa shape index (κ3) is 6.74. The number of aliphatic hydroxyl groups excluding tert-OH is 1. The summed E-state index contributed by atoms with van der Waals surface area (Å²) >= 11 is 0. The van der Waals surface area contributed by atoms with Crippen LogP contribution in [0.4, 0.5) is 5.69 Å². The van der Waals surface area contributed by atoms with E-state index in [1.165, 1.54) is 43.6 Å². The Labute approximate surface area is 174 Å². The number of rotatable bonds is 10. The van der Waals surface area contributed by atoms with Crippen LogP contribution in [-0.4, -0.2) is 56.5 Å². The summed E-state index contributed by atoms with van der Waals surface area (Å²) < 4.78 is 11.0.